The maximum absolute atomic E-state index is 9.71. The zero-order valence-corrected chi connectivity index (χ0v) is 12.0. The van der Waals surface area contributed by atoms with Gasteiger partial charge in [-0.2, -0.15) is 0 Å². The molecule has 0 spiro atoms. The van der Waals surface area contributed by atoms with Crippen molar-refractivity contribution in [2.45, 2.75) is 0 Å². The van der Waals surface area contributed by atoms with E-state index in [-0.39, 0.29) is 5.75 Å². The molecule has 3 rings (SSSR count). The Morgan fingerprint density at radius 2 is 1.86 bits per heavy atom. The molecule has 0 aliphatic carbocycles. The molecule has 1 aliphatic heterocycles. The Bertz CT molecular complexity index is 657. The monoisotopic (exact) mass is 287 g/mol. The molecule has 110 valence electrons. The molecular weight excluding hydrogens is 270 g/mol. The van der Waals surface area contributed by atoms with Gasteiger partial charge in [0, 0.05) is 17.8 Å². The topological polar surface area (TPSA) is 51.2 Å². The second-order valence-electron chi connectivity index (χ2n) is 4.69. The van der Waals surface area contributed by atoms with Gasteiger partial charge in [-0.25, -0.2) is 0 Å². The van der Waals surface area contributed by atoms with Crippen molar-refractivity contribution in [1.82, 2.24) is 0 Å². The summed E-state index contributed by atoms with van der Waals surface area (Å²) >= 11 is 0. The van der Waals surface area contributed by atoms with Crippen molar-refractivity contribution in [3.63, 3.8) is 0 Å². The van der Waals surface area contributed by atoms with E-state index in [1.54, 1.807) is 32.4 Å². The Labute approximate surface area is 123 Å². The Balaban J connectivity index is 2.04. The van der Waals surface area contributed by atoms with Gasteiger partial charge in [0.25, 0.3) is 0 Å². The predicted molar refractivity (Wildman–Crippen MR) is 80.2 cm³/mol. The van der Waals surface area contributed by atoms with Gasteiger partial charge in [-0.3, -0.25) is 0 Å². The molecule has 2 aromatic rings. The standard InChI is InChI=1S/C16H17NO4/c1-19-15-5-3-11(9-16(15)20-2)17-7-8-21-14-6-4-12(18)10-13(14)17/h3-6,9-10,18H,7-8H2,1-2H3. The highest BCUT2D eigenvalue weighted by molar-refractivity contribution is 5.73. The predicted octanol–water partition coefficient (Wildman–Crippen LogP) is 2.94. The highest BCUT2D eigenvalue weighted by Crippen LogP contribution is 2.41. The van der Waals surface area contributed by atoms with Gasteiger partial charge in [0.15, 0.2) is 11.5 Å². The van der Waals surface area contributed by atoms with E-state index in [2.05, 4.69) is 4.90 Å². The quantitative estimate of drug-likeness (QED) is 0.940. The minimum absolute atomic E-state index is 0.213. The molecule has 0 radical (unpaired) electrons. The molecule has 0 unspecified atom stereocenters. The van der Waals surface area contributed by atoms with E-state index in [1.807, 2.05) is 18.2 Å². The van der Waals surface area contributed by atoms with Gasteiger partial charge in [-0.15, -0.1) is 0 Å². The Kier molecular flexibility index (Phi) is 3.48. The van der Waals surface area contributed by atoms with E-state index in [1.165, 1.54) is 0 Å². The van der Waals surface area contributed by atoms with Crippen LogP contribution in [0.15, 0.2) is 36.4 Å². The van der Waals surface area contributed by atoms with Crippen LogP contribution in [0.3, 0.4) is 0 Å². The van der Waals surface area contributed by atoms with Crippen LogP contribution in [-0.4, -0.2) is 32.5 Å². The molecule has 1 N–H and O–H groups in total. The largest absolute Gasteiger partial charge is 0.508 e. The number of nitrogens with zero attached hydrogens (tertiary/aromatic N) is 1. The van der Waals surface area contributed by atoms with E-state index in [9.17, 15) is 5.11 Å². The summed E-state index contributed by atoms with van der Waals surface area (Å²) in [5, 5.41) is 9.71. The summed E-state index contributed by atoms with van der Waals surface area (Å²) in [6, 6.07) is 10.8. The van der Waals surface area contributed by atoms with Crippen molar-refractivity contribution in [3.05, 3.63) is 36.4 Å². The molecule has 5 nitrogen and oxygen atoms in total. The van der Waals surface area contributed by atoms with Gasteiger partial charge >= 0.3 is 0 Å². The van der Waals surface area contributed by atoms with Crippen molar-refractivity contribution in [1.29, 1.82) is 0 Å². The molecule has 0 amide bonds. The van der Waals surface area contributed by atoms with E-state index in [0.29, 0.717) is 24.7 Å². The molecule has 0 fully saturated rings. The third-order valence-corrected chi connectivity index (χ3v) is 3.48. The van der Waals surface area contributed by atoms with Crippen LogP contribution < -0.4 is 19.1 Å². The average molecular weight is 287 g/mol. The number of hydrogen-bond acceptors (Lipinski definition) is 5. The number of fused-ring (bicyclic) bond motifs is 1. The van der Waals surface area contributed by atoms with Crippen molar-refractivity contribution in [2.24, 2.45) is 0 Å². The van der Waals surface area contributed by atoms with Gasteiger partial charge in [-0.05, 0) is 24.3 Å². The highest BCUT2D eigenvalue weighted by Gasteiger charge is 2.21. The van der Waals surface area contributed by atoms with Crippen LogP contribution in [0, 0.1) is 0 Å². The fraction of sp³-hybridized carbons (Fsp3) is 0.250. The Hall–Kier alpha value is -2.56. The maximum Gasteiger partial charge on any atom is 0.162 e. The second-order valence-corrected chi connectivity index (χ2v) is 4.69. The number of phenols is 1. The van der Waals surface area contributed by atoms with Crippen molar-refractivity contribution >= 4 is 11.4 Å². The normalized spacial score (nSPS) is 13.3. The van der Waals surface area contributed by atoms with Crippen molar-refractivity contribution < 1.29 is 19.3 Å². The van der Waals surface area contributed by atoms with Gasteiger partial charge in [-0.1, -0.05) is 0 Å². The van der Waals surface area contributed by atoms with E-state index in [4.69, 9.17) is 14.2 Å². The summed E-state index contributed by atoms with van der Waals surface area (Å²) in [7, 11) is 3.22. The van der Waals surface area contributed by atoms with Crippen LogP contribution in [0.1, 0.15) is 0 Å². The number of aromatic hydroxyl groups is 1. The number of phenolic OH excluding ortho intramolecular Hbond substituents is 1. The number of hydrogen-bond donors (Lipinski definition) is 1. The summed E-state index contributed by atoms with van der Waals surface area (Å²) < 4.78 is 16.2. The summed E-state index contributed by atoms with van der Waals surface area (Å²) in [5.41, 5.74) is 1.80. The fourth-order valence-corrected chi connectivity index (χ4v) is 2.47. The van der Waals surface area contributed by atoms with Crippen LogP contribution in [-0.2, 0) is 0 Å². The number of ether oxygens (including phenoxy) is 3. The summed E-state index contributed by atoms with van der Waals surface area (Å²) in [6.07, 6.45) is 0. The van der Waals surface area contributed by atoms with E-state index >= 15 is 0 Å². The van der Waals surface area contributed by atoms with Crippen LogP contribution in [0.25, 0.3) is 0 Å². The fourth-order valence-electron chi connectivity index (χ4n) is 2.47. The zero-order valence-electron chi connectivity index (χ0n) is 12.0. The van der Waals surface area contributed by atoms with Gasteiger partial charge < -0.3 is 24.2 Å². The summed E-state index contributed by atoms with van der Waals surface area (Å²) in [4.78, 5) is 2.08. The van der Waals surface area contributed by atoms with E-state index in [0.717, 1.165) is 17.1 Å². The highest BCUT2D eigenvalue weighted by atomic mass is 16.5. The molecule has 5 heteroatoms. The van der Waals surface area contributed by atoms with Crippen LogP contribution >= 0.6 is 0 Å². The first-order valence-electron chi connectivity index (χ1n) is 6.68. The van der Waals surface area contributed by atoms with Crippen molar-refractivity contribution in [2.75, 3.05) is 32.3 Å². The Morgan fingerprint density at radius 3 is 2.62 bits per heavy atom. The molecule has 21 heavy (non-hydrogen) atoms. The lowest BCUT2D eigenvalue weighted by Gasteiger charge is -2.31. The summed E-state index contributed by atoms with van der Waals surface area (Å²) in [6.45, 7) is 1.29. The number of benzene rings is 2. The molecule has 0 atom stereocenters. The molecule has 1 heterocycles. The third kappa shape index (κ3) is 2.42. The average Bonchev–Trinajstić information content (AvgIpc) is 2.53. The first-order valence-corrected chi connectivity index (χ1v) is 6.68. The van der Waals surface area contributed by atoms with Crippen molar-refractivity contribution in [3.8, 4) is 23.0 Å². The van der Waals surface area contributed by atoms with E-state index < -0.39 is 0 Å². The number of rotatable bonds is 3. The van der Waals surface area contributed by atoms with Crippen LogP contribution in [0.5, 0.6) is 23.0 Å². The molecule has 0 saturated carbocycles. The minimum atomic E-state index is 0.213. The molecule has 0 bridgehead atoms. The number of anilines is 2. The van der Waals surface area contributed by atoms with Crippen LogP contribution in [0.4, 0.5) is 11.4 Å². The van der Waals surface area contributed by atoms with Gasteiger partial charge in [0.05, 0.1) is 26.5 Å². The van der Waals surface area contributed by atoms with Crippen LogP contribution in [0.2, 0.25) is 0 Å². The zero-order chi connectivity index (χ0) is 14.8. The van der Waals surface area contributed by atoms with Gasteiger partial charge in [0.2, 0.25) is 0 Å². The minimum Gasteiger partial charge on any atom is -0.508 e. The molecular formula is C16H17NO4. The first-order chi connectivity index (χ1) is 10.2. The smallest absolute Gasteiger partial charge is 0.162 e. The first kappa shape index (κ1) is 13.4. The third-order valence-electron chi connectivity index (χ3n) is 3.48. The lowest BCUT2D eigenvalue weighted by atomic mass is 10.2. The lowest BCUT2D eigenvalue weighted by molar-refractivity contribution is 0.313. The molecule has 0 saturated heterocycles. The Morgan fingerprint density at radius 1 is 1.05 bits per heavy atom. The lowest BCUT2D eigenvalue weighted by Crippen LogP contribution is -2.28. The maximum atomic E-state index is 9.71. The SMILES string of the molecule is COc1ccc(N2CCOc3ccc(O)cc32)cc1OC. The molecule has 2 aromatic carbocycles. The number of methoxy groups -OCH3 is 2. The van der Waals surface area contributed by atoms with Gasteiger partial charge in [0.1, 0.15) is 18.1 Å². The molecule has 0 aromatic heterocycles. The molecule has 1 aliphatic rings. The summed E-state index contributed by atoms with van der Waals surface area (Å²) in [5.74, 6) is 2.33. The second kappa shape index (κ2) is 5.44.